The third-order valence-corrected chi connectivity index (χ3v) is 5.38. The number of nitrogens with one attached hydrogen (secondary N) is 2. The molecular formula is C20H31ClIN5O2. The van der Waals surface area contributed by atoms with Gasteiger partial charge in [-0.2, -0.15) is 0 Å². The zero-order valence-corrected chi connectivity index (χ0v) is 20.2. The summed E-state index contributed by atoms with van der Waals surface area (Å²) in [4.78, 5) is 20.8. The highest BCUT2D eigenvalue weighted by Crippen LogP contribution is 2.20. The van der Waals surface area contributed by atoms with Crippen LogP contribution in [0.25, 0.3) is 0 Å². The lowest BCUT2D eigenvalue weighted by atomic mass is 10.1. The molecule has 9 heteroatoms. The number of hydrogen-bond donors (Lipinski definition) is 2. The molecule has 29 heavy (non-hydrogen) atoms. The van der Waals surface area contributed by atoms with Gasteiger partial charge in [-0.3, -0.25) is 14.7 Å². The molecule has 1 aromatic rings. The van der Waals surface area contributed by atoms with Crippen molar-refractivity contribution in [2.75, 3.05) is 53.4 Å². The average Bonchev–Trinajstić information content (AvgIpc) is 3.50. The largest absolute Gasteiger partial charge is 0.375 e. The highest BCUT2D eigenvalue weighted by molar-refractivity contribution is 14.0. The van der Waals surface area contributed by atoms with Crippen LogP contribution >= 0.6 is 35.6 Å². The van der Waals surface area contributed by atoms with Crippen molar-refractivity contribution < 1.29 is 9.53 Å². The Labute approximate surface area is 195 Å². The molecule has 1 aliphatic carbocycles. The summed E-state index contributed by atoms with van der Waals surface area (Å²) >= 11 is 6.10. The number of aliphatic imine (C=N–C) groups is 1. The fourth-order valence-electron chi connectivity index (χ4n) is 3.38. The van der Waals surface area contributed by atoms with E-state index in [9.17, 15) is 4.79 Å². The minimum absolute atomic E-state index is 0. The second kappa shape index (κ2) is 11.9. The van der Waals surface area contributed by atoms with Gasteiger partial charge in [-0.25, -0.2) is 0 Å². The quantitative estimate of drug-likeness (QED) is 0.318. The minimum Gasteiger partial charge on any atom is -0.375 e. The van der Waals surface area contributed by atoms with E-state index >= 15 is 0 Å². The zero-order chi connectivity index (χ0) is 19.9. The van der Waals surface area contributed by atoms with Crippen LogP contribution in [0, 0.1) is 0 Å². The van der Waals surface area contributed by atoms with Gasteiger partial charge >= 0.3 is 0 Å². The number of rotatable bonds is 7. The molecule has 0 radical (unpaired) electrons. The predicted octanol–water partition coefficient (Wildman–Crippen LogP) is 2.12. The van der Waals surface area contributed by atoms with E-state index < -0.39 is 0 Å². The van der Waals surface area contributed by atoms with Crippen molar-refractivity contribution in [3.05, 3.63) is 34.9 Å². The predicted molar refractivity (Wildman–Crippen MR) is 127 cm³/mol. The first-order chi connectivity index (χ1) is 13.6. The molecule has 1 saturated carbocycles. The van der Waals surface area contributed by atoms with Gasteiger partial charge in [0.25, 0.3) is 0 Å². The van der Waals surface area contributed by atoms with Crippen molar-refractivity contribution in [2.24, 2.45) is 4.99 Å². The van der Waals surface area contributed by atoms with E-state index in [-0.39, 0.29) is 36.0 Å². The number of guanidine groups is 1. The summed E-state index contributed by atoms with van der Waals surface area (Å²) in [7, 11) is 3.49. The van der Waals surface area contributed by atoms with E-state index in [0.29, 0.717) is 24.2 Å². The smallest absolute Gasteiger partial charge is 0.234 e. The number of amides is 1. The topological polar surface area (TPSA) is 69.2 Å². The van der Waals surface area contributed by atoms with E-state index in [1.165, 1.54) is 0 Å². The van der Waals surface area contributed by atoms with Gasteiger partial charge in [0.05, 0.1) is 12.6 Å². The third kappa shape index (κ3) is 7.58. The van der Waals surface area contributed by atoms with Crippen molar-refractivity contribution >= 4 is 47.4 Å². The Kier molecular flexibility index (Phi) is 9.94. The van der Waals surface area contributed by atoms with Crippen LogP contribution < -0.4 is 10.6 Å². The van der Waals surface area contributed by atoms with Crippen molar-refractivity contribution in [3.63, 3.8) is 0 Å². The van der Waals surface area contributed by atoms with Gasteiger partial charge in [-0.15, -0.1) is 24.0 Å². The fraction of sp³-hybridized carbons (Fsp3) is 0.600. The summed E-state index contributed by atoms with van der Waals surface area (Å²) < 4.78 is 5.62. The fourth-order valence-corrected chi connectivity index (χ4v) is 3.58. The number of carbonyl (C=O) groups excluding carboxylic acids is 1. The first kappa shape index (κ1) is 24.2. The summed E-state index contributed by atoms with van der Waals surface area (Å²) in [5.41, 5.74) is 1.03. The molecule has 0 aromatic heterocycles. The van der Waals surface area contributed by atoms with Gasteiger partial charge in [0, 0.05) is 57.9 Å². The molecule has 1 heterocycles. The molecule has 0 spiro atoms. The molecule has 1 atom stereocenters. The highest BCUT2D eigenvalue weighted by Gasteiger charge is 2.26. The zero-order valence-electron chi connectivity index (χ0n) is 17.1. The van der Waals surface area contributed by atoms with Crippen molar-refractivity contribution in [2.45, 2.75) is 25.0 Å². The van der Waals surface area contributed by atoms with E-state index in [1.807, 2.05) is 24.3 Å². The maximum atomic E-state index is 12.0. The number of ether oxygens (including phenoxy) is 1. The Morgan fingerprint density at radius 3 is 2.62 bits per heavy atom. The molecule has 2 fully saturated rings. The molecule has 162 valence electrons. The van der Waals surface area contributed by atoms with E-state index in [4.69, 9.17) is 16.3 Å². The monoisotopic (exact) mass is 535 g/mol. The normalized spacial score (nSPS) is 18.7. The molecule has 1 saturated heterocycles. The van der Waals surface area contributed by atoms with Gasteiger partial charge < -0.3 is 20.3 Å². The summed E-state index contributed by atoms with van der Waals surface area (Å²) in [5, 5.41) is 7.16. The number of nitrogens with zero attached hydrogens (tertiary/aromatic N) is 3. The van der Waals surface area contributed by atoms with Crippen molar-refractivity contribution in [3.8, 4) is 0 Å². The van der Waals surface area contributed by atoms with Crippen LogP contribution in [0.1, 0.15) is 24.5 Å². The summed E-state index contributed by atoms with van der Waals surface area (Å²) in [6.45, 7) is 4.46. The lowest BCUT2D eigenvalue weighted by Crippen LogP contribution is -2.54. The SMILES string of the molecule is CN=C(NCC(OC)c1cccc(Cl)c1)N1CCN(CC(=O)NC2CC2)CC1.I. The maximum Gasteiger partial charge on any atom is 0.234 e. The van der Waals surface area contributed by atoms with Gasteiger partial charge in [-0.05, 0) is 30.5 Å². The number of benzene rings is 1. The lowest BCUT2D eigenvalue weighted by Gasteiger charge is -2.36. The maximum absolute atomic E-state index is 12.0. The summed E-state index contributed by atoms with van der Waals surface area (Å²) in [6, 6.07) is 8.14. The van der Waals surface area contributed by atoms with Crippen LogP contribution in [-0.2, 0) is 9.53 Å². The Morgan fingerprint density at radius 2 is 2.03 bits per heavy atom. The van der Waals surface area contributed by atoms with Gasteiger partial charge in [0.2, 0.25) is 5.91 Å². The molecule has 1 unspecified atom stereocenters. The van der Waals surface area contributed by atoms with E-state index in [2.05, 4.69) is 25.4 Å². The summed E-state index contributed by atoms with van der Waals surface area (Å²) in [5.74, 6) is 0.995. The van der Waals surface area contributed by atoms with Gasteiger partial charge in [0.15, 0.2) is 5.96 Å². The van der Waals surface area contributed by atoms with Crippen molar-refractivity contribution in [1.29, 1.82) is 0 Å². The molecule has 0 bridgehead atoms. The molecule has 3 rings (SSSR count). The Hall–Kier alpha value is -1.10. The molecule has 2 N–H and O–H groups in total. The van der Waals surface area contributed by atoms with Crippen LogP contribution in [0.15, 0.2) is 29.3 Å². The van der Waals surface area contributed by atoms with Crippen LogP contribution in [0.2, 0.25) is 5.02 Å². The number of hydrogen-bond acceptors (Lipinski definition) is 4. The lowest BCUT2D eigenvalue weighted by molar-refractivity contribution is -0.122. The second-order valence-corrected chi connectivity index (χ2v) is 7.75. The number of halogens is 2. The van der Waals surface area contributed by atoms with Crippen LogP contribution in [-0.4, -0.2) is 81.1 Å². The van der Waals surface area contributed by atoms with Crippen LogP contribution in [0.3, 0.4) is 0 Å². The Bertz CT molecular complexity index is 693. The minimum atomic E-state index is -0.108. The van der Waals surface area contributed by atoms with E-state index in [0.717, 1.165) is 50.5 Å². The number of methoxy groups -OCH3 is 1. The summed E-state index contributed by atoms with van der Waals surface area (Å²) in [6.07, 6.45) is 2.14. The molecule has 1 aromatic carbocycles. The average molecular weight is 536 g/mol. The first-order valence-corrected chi connectivity index (χ1v) is 10.2. The van der Waals surface area contributed by atoms with Gasteiger partial charge in [-0.1, -0.05) is 23.7 Å². The molecule has 1 aliphatic heterocycles. The standard InChI is InChI=1S/C20H30ClN5O2.HI/c1-22-20(23-13-18(28-2)15-4-3-5-16(21)12-15)26-10-8-25(9-11-26)14-19(27)24-17-6-7-17;/h3-5,12,17-18H,6-11,13-14H2,1-2H3,(H,22,23)(H,24,27);1H. The van der Waals surface area contributed by atoms with Crippen LogP contribution in [0.4, 0.5) is 0 Å². The molecule has 1 amide bonds. The van der Waals surface area contributed by atoms with E-state index in [1.54, 1.807) is 14.2 Å². The highest BCUT2D eigenvalue weighted by atomic mass is 127. The molecule has 2 aliphatic rings. The van der Waals surface area contributed by atoms with Crippen LogP contribution in [0.5, 0.6) is 0 Å². The second-order valence-electron chi connectivity index (χ2n) is 7.31. The first-order valence-electron chi connectivity index (χ1n) is 9.84. The van der Waals surface area contributed by atoms with Crippen molar-refractivity contribution in [1.82, 2.24) is 20.4 Å². The molecule has 7 nitrogen and oxygen atoms in total. The number of piperazine rings is 1. The molecular weight excluding hydrogens is 505 g/mol. The Morgan fingerprint density at radius 1 is 1.31 bits per heavy atom. The third-order valence-electron chi connectivity index (χ3n) is 5.14. The Balaban J connectivity index is 0.00000300. The van der Waals surface area contributed by atoms with Gasteiger partial charge in [0.1, 0.15) is 0 Å². The number of carbonyl (C=O) groups is 1.